The van der Waals surface area contributed by atoms with Gasteiger partial charge >= 0.3 is 0 Å². The molecule has 0 saturated carbocycles. The van der Waals surface area contributed by atoms with E-state index in [4.69, 9.17) is 0 Å². The smallest absolute Gasteiger partial charge is 0.258 e. The van der Waals surface area contributed by atoms with Crippen LogP contribution in [0.2, 0.25) is 0 Å². The van der Waals surface area contributed by atoms with E-state index in [9.17, 15) is 9.90 Å². The van der Waals surface area contributed by atoms with Crippen LogP contribution in [-0.4, -0.2) is 39.1 Å². The molecule has 3 rings (SSSR count). The van der Waals surface area contributed by atoms with Crippen molar-refractivity contribution in [2.75, 3.05) is 19.7 Å². The van der Waals surface area contributed by atoms with Gasteiger partial charge in [0.1, 0.15) is 5.65 Å². The van der Waals surface area contributed by atoms with E-state index in [0.29, 0.717) is 18.1 Å². The van der Waals surface area contributed by atoms with E-state index in [1.165, 1.54) is 0 Å². The lowest BCUT2D eigenvalue weighted by Gasteiger charge is -2.31. The lowest BCUT2D eigenvalue weighted by molar-refractivity contribution is 0.115. The first-order valence-electron chi connectivity index (χ1n) is 7.48. The number of pyridine rings is 1. The Kier molecular flexibility index (Phi) is 4.03. The van der Waals surface area contributed by atoms with Crippen LogP contribution >= 0.6 is 0 Å². The molecule has 1 N–H and O–H groups in total. The second-order valence-electron chi connectivity index (χ2n) is 5.95. The molecule has 1 aliphatic heterocycles. The van der Waals surface area contributed by atoms with Crippen LogP contribution in [0.4, 0.5) is 0 Å². The molecule has 0 spiro atoms. The van der Waals surface area contributed by atoms with E-state index < -0.39 is 0 Å². The number of piperidine rings is 1. The van der Waals surface area contributed by atoms with E-state index in [2.05, 4.69) is 9.88 Å². The molecule has 0 radical (unpaired) electrons. The SMILES string of the molecule is Cc1ccc2nc(CN3CCCC(CO)C3)cc(=O)n2c1. The molecule has 112 valence electrons. The number of aryl methyl sites for hydroxylation is 1. The van der Waals surface area contributed by atoms with Gasteiger partial charge in [-0.3, -0.25) is 14.1 Å². The van der Waals surface area contributed by atoms with Gasteiger partial charge < -0.3 is 5.11 Å². The second-order valence-corrected chi connectivity index (χ2v) is 5.95. The minimum atomic E-state index is -0.0329. The topological polar surface area (TPSA) is 57.8 Å². The summed E-state index contributed by atoms with van der Waals surface area (Å²) in [4.78, 5) is 19.0. The van der Waals surface area contributed by atoms with Crippen LogP contribution < -0.4 is 5.56 Å². The van der Waals surface area contributed by atoms with Crippen molar-refractivity contribution in [2.45, 2.75) is 26.3 Å². The predicted molar refractivity (Wildman–Crippen MR) is 81.3 cm³/mol. The van der Waals surface area contributed by atoms with Gasteiger partial charge in [0.05, 0.1) is 5.69 Å². The molecule has 1 fully saturated rings. The van der Waals surface area contributed by atoms with Crippen LogP contribution in [0, 0.1) is 12.8 Å². The fourth-order valence-electron chi connectivity index (χ4n) is 3.01. The fraction of sp³-hybridized carbons (Fsp3) is 0.500. The summed E-state index contributed by atoms with van der Waals surface area (Å²) in [6.07, 6.45) is 3.99. The average molecular weight is 287 g/mol. The molecule has 2 aromatic rings. The molecule has 21 heavy (non-hydrogen) atoms. The Balaban J connectivity index is 1.84. The summed E-state index contributed by atoms with van der Waals surface area (Å²) in [6, 6.07) is 5.47. The van der Waals surface area contributed by atoms with Crippen molar-refractivity contribution in [1.82, 2.24) is 14.3 Å². The molecule has 1 unspecified atom stereocenters. The van der Waals surface area contributed by atoms with Gasteiger partial charge in [0.25, 0.3) is 5.56 Å². The fourth-order valence-corrected chi connectivity index (χ4v) is 3.01. The van der Waals surface area contributed by atoms with Crippen molar-refractivity contribution in [3.05, 3.63) is 46.0 Å². The summed E-state index contributed by atoms with van der Waals surface area (Å²) in [7, 11) is 0. The monoisotopic (exact) mass is 287 g/mol. The maximum Gasteiger partial charge on any atom is 0.258 e. The van der Waals surface area contributed by atoms with Crippen molar-refractivity contribution < 1.29 is 5.11 Å². The Labute approximate surface area is 123 Å². The molecule has 1 atom stereocenters. The molecule has 0 aromatic carbocycles. The van der Waals surface area contributed by atoms with Crippen LogP contribution in [0.15, 0.2) is 29.2 Å². The minimum Gasteiger partial charge on any atom is -0.396 e. The third-order valence-electron chi connectivity index (χ3n) is 4.11. The van der Waals surface area contributed by atoms with Crippen molar-refractivity contribution in [3.8, 4) is 0 Å². The summed E-state index contributed by atoms with van der Waals surface area (Å²) in [5.41, 5.74) is 2.51. The summed E-state index contributed by atoms with van der Waals surface area (Å²) >= 11 is 0. The highest BCUT2D eigenvalue weighted by molar-refractivity contribution is 5.39. The molecule has 3 heterocycles. The van der Waals surface area contributed by atoms with E-state index in [-0.39, 0.29) is 12.2 Å². The summed E-state index contributed by atoms with van der Waals surface area (Å²) in [5, 5.41) is 9.29. The van der Waals surface area contributed by atoms with Crippen molar-refractivity contribution in [2.24, 2.45) is 5.92 Å². The number of nitrogens with zero attached hydrogens (tertiary/aromatic N) is 3. The van der Waals surface area contributed by atoms with Gasteiger partial charge in [0.15, 0.2) is 0 Å². The molecule has 0 aliphatic carbocycles. The zero-order chi connectivity index (χ0) is 14.8. The number of aliphatic hydroxyl groups excluding tert-OH is 1. The average Bonchev–Trinajstić information content (AvgIpc) is 2.48. The van der Waals surface area contributed by atoms with Gasteiger partial charge in [-0.05, 0) is 43.9 Å². The van der Waals surface area contributed by atoms with Crippen LogP contribution in [0.1, 0.15) is 24.1 Å². The van der Waals surface area contributed by atoms with Crippen molar-refractivity contribution in [3.63, 3.8) is 0 Å². The van der Waals surface area contributed by atoms with Crippen molar-refractivity contribution in [1.29, 1.82) is 0 Å². The predicted octanol–water partition coefficient (Wildman–Crippen LogP) is 1.21. The molecule has 5 nitrogen and oxygen atoms in total. The molecular weight excluding hydrogens is 266 g/mol. The maximum atomic E-state index is 12.2. The van der Waals surface area contributed by atoms with Gasteiger partial charge in [0.2, 0.25) is 0 Å². The highest BCUT2D eigenvalue weighted by atomic mass is 16.3. The summed E-state index contributed by atoms with van der Waals surface area (Å²) < 4.78 is 1.59. The molecule has 0 bridgehead atoms. The number of fused-ring (bicyclic) bond motifs is 1. The number of rotatable bonds is 3. The van der Waals surface area contributed by atoms with Crippen LogP contribution in [0.25, 0.3) is 5.65 Å². The molecule has 5 heteroatoms. The molecule has 2 aromatic heterocycles. The van der Waals surface area contributed by atoms with Gasteiger partial charge in [0, 0.05) is 32.0 Å². The zero-order valence-corrected chi connectivity index (χ0v) is 12.3. The number of aromatic nitrogens is 2. The Morgan fingerprint density at radius 3 is 3.10 bits per heavy atom. The number of hydrogen-bond donors (Lipinski definition) is 1. The van der Waals surface area contributed by atoms with Crippen molar-refractivity contribution >= 4 is 5.65 Å². The number of aliphatic hydroxyl groups is 1. The normalized spacial score (nSPS) is 20.0. The van der Waals surface area contributed by atoms with Gasteiger partial charge in [-0.1, -0.05) is 6.07 Å². The van der Waals surface area contributed by atoms with E-state index >= 15 is 0 Å². The zero-order valence-electron chi connectivity index (χ0n) is 12.3. The van der Waals surface area contributed by atoms with Crippen LogP contribution in [0.5, 0.6) is 0 Å². The molecular formula is C16H21N3O2. The third kappa shape index (κ3) is 3.14. The molecule has 1 aliphatic rings. The Bertz CT molecular complexity index is 695. The maximum absolute atomic E-state index is 12.2. The van der Waals surface area contributed by atoms with E-state index in [0.717, 1.165) is 37.2 Å². The van der Waals surface area contributed by atoms with E-state index in [1.807, 2.05) is 25.3 Å². The van der Waals surface area contributed by atoms with Gasteiger partial charge in [-0.25, -0.2) is 4.98 Å². The second kappa shape index (κ2) is 5.95. The molecule has 0 amide bonds. The van der Waals surface area contributed by atoms with Crippen LogP contribution in [0.3, 0.4) is 0 Å². The standard InChI is InChI=1S/C16H21N3O2/c1-12-4-5-15-17-14(7-16(21)19(15)8-12)10-18-6-2-3-13(9-18)11-20/h4-5,7-8,13,20H,2-3,6,9-11H2,1H3. The van der Waals surface area contributed by atoms with Gasteiger partial charge in [-0.2, -0.15) is 0 Å². The largest absolute Gasteiger partial charge is 0.396 e. The first kappa shape index (κ1) is 14.2. The lowest BCUT2D eigenvalue weighted by Crippen LogP contribution is -2.36. The molecule has 1 saturated heterocycles. The number of likely N-dealkylation sites (tertiary alicyclic amines) is 1. The first-order chi connectivity index (χ1) is 10.2. The Morgan fingerprint density at radius 2 is 2.29 bits per heavy atom. The third-order valence-corrected chi connectivity index (χ3v) is 4.11. The number of hydrogen-bond acceptors (Lipinski definition) is 4. The van der Waals surface area contributed by atoms with Gasteiger partial charge in [-0.15, -0.1) is 0 Å². The van der Waals surface area contributed by atoms with E-state index in [1.54, 1.807) is 10.5 Å². The summed E-state index contributed by atoms with van der Waals surface area (Å²) in [6.45, 7) is 4.76. The highest BCUT2D eigenvalue weighted by Gasteiger charge is 2.19. The summed E-state index contributed by atoms with van der Waals surface area (Å²) in [5.74, 6) is 0.350. The Hall–Kier alpha value is -1.72. The first-order valence-corrected chi connectivity index (χ1v) is 7.48. The minimum absolute atomic E-state index is 0.0329. The quantitative estimate of drug-likeness (QED) is 0.922. The Morgan fingerprint density at radius 1 is 1.43 bits per heavy atom. The lowest BCUT2D eigenvalue weighted by atomic mass is 9.99. The van der Waals surface area contributed by atoms with Crippen LogP contribution in [-0.2, 0) is 6.54 Å². The highest BCUT2D eigenvalue weighted by Crippen LogP contribution is 2.17.